The van der Waals surface area contributed by atoms with Crippen LogP contribution in [0.15, 0.2) is 4.99 Å². The Morgan fingerprint density at radius 2 is 1.13 bits per heavy atom. The molecule has 0 saturated carbocycles. The van der Waals surface area contributed by atoms with Gasteiger partial charge in [0.2, 0.25) is 59.1 Å². The Balaban J connectivity index is 3.38. The number of likely N-dealkylation sites (tertiary alicyclic amines) is 1. The maximum absolute atomic E-state index is 14.2. The van der Waals surface area contributed by atoms with E-state index in [-0.39, 0.29) is 31.3 Å². The van der Waals surface area contributed by atoms with Gasteiger partial charge in [0.15, 0.2) is 5.96 Å². The van der Waals surface area contributed by atoms with Crippen molar-refractivity contribution in [2.24, 2.45) is 39.9 Å². The van der Waals surface area contributed by atoms with E-state index in [4.69, 9.17) is 17.2 Å². The van der Waals surface area contributed by atoms with Crippen LogP contribution in [0.5, 0.6) is 0 Å². The lowest BCUT2D eigenvalue weighted by atomic mass is 9.95. The van der Waals surface area contributed by atoms with Gasteiger partial charge in [0.25, 0.3) is 0 Å². The first kappa shape index (κ1) is 60.9. The van der Waals surface area contributed by atoms with Crippen LogP contribution in [0.25, 0.3) is 0 Å². The standard InChI is InChI=1S/C45H81N13O11/c1-11-17-28(37(62)55-34(24(7)12-2)41(66)53-29(18-15-20-50-45(47)48)44(69)58-21-16-19-31(58)39(64)49-14-4)52-43(68)36(26(9)59)57-42(67)35(25(8)13-3)56-40(65)33(23(5)6)54-38(63)30(22-32(46)61)51-27(10)60/h23-26,28-31,33-36,59H,11-22H2,1-10H3,(H2,46,61)(H,49,64)(H,51,60)(H,52,68)(H,53,66)(H,54,63)(H,55,62)(H,56,65)(H,57,67)(H4,47,48,50)/t24-,25-,26+,28-,29-,30-,31-,33-,34-,35+,36-/m0/s1. The highest BCUT2D eigenvalue weighted by Crippen LogP contribution is 2.21. The van der Waals surface area contributed by atoms with Gasteiger partial charge in [-0.05, 0) is 63.7 Å². The predicted octanol–water partition coefficient (Wildman–Crippen LogP) is -2.61. The van der Waals surface area contributed by atoms with Gasteiger partial charge in [-0.3, -0.25) is 52.9 Å². The molecule has 0 bridgehead atoms. The fraction of sp³-hybridized carbons (Fsp3) is 0.756. The molecule has 10 amide bonds. The van der Waals surface area contributed by atoms with Crippen LogP contribution < -0.4 is 59.7 Å². The first-order valence-electron chi connectivity index (χ1n) is 24.0. The van der Waals surface area contributed by atoms with Crippen molar-refractivity contribution < 1.29 is 53.1 Å². The van der Waals surface area contributed by atoms with Gasteiger partial charge < -0.3 is 69.7 Å². The summed E-state index contributed by atoms with van der Waals surface area (Å²) in [5, 5.41) is 31.7. The third-order valence-corrected chi connectivity index (χ3v) is 12.0. The number of aliphatic imine (C=N–C) groups is 1. The van der Waals surface area contributed by atoms with Gasteiger partial charge in [0.1, 0.15) is 48.3 Å². The summed E-state index contributed by atoms with van der Waals surface area (Å²) in [5.74, 6) is -8.92. The molecule has 0 spiro atoms. The van der Waals surface area contributed by atoms with Crippen molar-refractivity contribution in [2.75, 3.05) is 19.6 Å². The Morgan fingerprint density at radius 1 is 0.638 bits per heavy atom. The minimum atomic E-state index is -1.64. The van der Waals surface area contributed by atoms with Crippen LogP contribution in [0.4, 0.5) is 0 Å². The van der Waals surface area contributed by atoms with Crippen molar-refractivity contribution in [1.29, 1.82) is 0 Å². The molecule has 392 valence electrons. The van der Waals surface area contributed by atoms with Crippen molar-refractivity contribution in [3.8, 4) is 0 Å². The van der Waals surface area contributed by atoms with Gasteiger partial charge in [-0.25, -0.2) is 0 Å². The number of guanidine groups is 1. The van der Waals surface area contributed by atoms with Crippen LogP contribution in [0, 0.1) is 17.8 Å². The maximum Gasteiger partial charge on any atom is 0.245 e. The number of amides is 10. The Hall–Kier alpha value is -6.07. The molecule has 1 heterocycles. The summed E-state index contributed by atoms with van der Waals surface area (Å²) >= 11 is 0. The van der Waals surface area contributed by atoms with E-state index in [1.54, 1.807) is 48.5 Å². The lowest BCUT2D eigenvalue weighted by Crippen LogP contribution is -2.63. The second-order valence-corrected chi connectivity index (χ2v) is 18.1. The Kier molecular flexibility index (Phi) is 26.9. The topological polar surface area (TPSA) is 381 Å². The highest BCUT2D eigenvalue weighted by Gasteiger charge is 2.40. The van der Waals surface area contributed by atoms with Crippen LogP contribution in [0.1, 0.15) is 127 Å². The Morgan fingerprint density at radius 3 is 1.62 bits per heavy atom. The number of carbonyl (C=O) groups is 10. The number of aliphatic hydroxyl groups is 1. The fourth-order valence-corrected chi connectivity index (χ4v) is 7.63. The van der Waals surface area contributed by atoms with Crippen molar-refractivity contribution >= 4 is 65.0 Å². The molecular weight excluding hydrogens is 899 g/mol. The van der Waals surface area contributed by atoms with E-state index >= 15 is 0 Å². The molecule has 15 N–H and O–H groups in total. The molecule has 24 heteroatoms. The number of rotatable bonds is 30. The van der Waals surface area contributed by atoms with Crippen LogP contribution in [0.3, 0.4) is 0 Å². The molecule has 0 radical (unpaired) electrons. The van der Waals surface area contributed by atoms with Crippen LogP contribution in [-0.2, 0) is 47.9 Å². The first-order chi connectivity index (χ1) is 32.3. The van der Waals surface area contributed by atoms with Crippen molar-refractivity contribution in [3.63, 3.8) is 0 Å². The number of primary amides is 1. The van der Waals surface area contributed by atoms with Crippen molar-refractivity contribution in [1.82, 2.24) is 47.4 Å². The van der Waals surface area contributed by atoms with E-state index in [1.807, 2.05) is 6.92 Å². The lowest BCUT2D eigenvalue weighted by molar-refractivity contribution is -0.142. The maximum atomic E-state index is 14.2. The molecule has 0 aromatic heterocycles. The molecule has 0 aromatic carbocycles. The minimum Gasteiger partial charge on any atom is -0.391 e. The summed E-state index contributed by atoms with van der Waals surface area (Å²) in [7, 11) is 0. The molecule has 1 aliphatic rings. The second kappa shape index (κ2) is 30.4. The minimum absolute atomic E-state index is 0.0745. The smallest absolute Gasteiger partial charge is 0.245 e. The molecular formula is C45H81N13O11. The third-order valence-electron chi connectivity index (χ3n) is 12.0. The number of carbonyl (C=O) groups excluding carboxylic acids is 10. The third kappa shape index (κ3) is 20.2. The highest BCUT2D eigenvalue weighted by molar-refractivity contribution is 5.99. The van der Waals surface area contributed by atoms with Crippen LogP contribution >= 0.6 is 0 Å². The van der Waals surface area contributed by atoms with Crippen LogP contribution in [0.2, 0.25) is 0 Å². The monoisotopic (exact) mass is 980 g/mol. The van der Waals surface area contributed by atoms with Gasteiger partial charge >= 0.3 is 0 Å². The van der Waals surface area contributed by atoms with Gasteiger partial charge in [0, 0.05) is 26.6 Å². The van der Waals surface area contributed by atoms with Crippen molar-refractivity contribution in [3.05, 3.63) is 0 Å². The number of hydrogen-bond donors (Lipinski definition) is 12. The zero-order chi connectivity index (χ0) is 52.7. The zero-order valence-electron chi connectivity index (χ0n) is 42.1. The van der Waals surface area contributed by atoms with E-state index in [1.165, 1.54) is 11.8 Å². The van der Waals surface area contributed by atoms with E-state index in [2.05, 4.69) is 47.5 Å². The van der Waals surface area contributed by atoms with E-state index < -0.39 is 132 Å². The molecule has 0 aromatic rings. The zero-order valence-corrected chi connectivity index (χ0v) is 42.1. The largest absolute Gasteiger partial charge is 0.391 e. The average Bonchev–Trinajstić information content (AvgIpc) is 3.77. The normalized spacial score (nSPS) is 17.7. The molecule has 1 saturated heterocycles. The number of hydrogen-bond acceptors (Lipinski definition) is 12. The number of likely N-dealkylation sites (N-methyl/N-ethyl adjacent to an activating group) is 1. The summed E-state index contributed by atoms with van der Waals surface area (Å²) in [5.41, 5.74) is 16.2. The average molecular weight is 980 g/mol. The molecule has 0 aliphatic carbocycles. The second-order valence-electron chi connectivity index (χ2n) is 18.1. The quantitative estimate of drug-likeness (QED) is 0.0200. The molecule has 0 unspecified atom stereocenters. The molecule has 24 nitrogen and oxygen atoms in total. The SMILES string of the molecule is CCC[C@H](NC(=O)[C@@H](NC(=O)[C@H](NC(=O)[C@@H](NC(=O)[C@H](CC(N)=O)NC(C)=O)C(C)C)[C@@H](C)CC)[C@@H](C)O)C(=O)N[C@H](C(=O)N[C@@H](CCCN=C(N)N)C(=O)N1CCC[C@H]1C(=O)NCC)[C@@H](C)CC. The van der Waals surface area contributed by atoms with E-state index in [9.17, 15) is 53.1 Å². The predicted molar refractivity (Wildman–Crippen MR) is 257 cm³/mol. The number of nitrogens with one attached hydrogen (secondary N) is 8. The number of nitrogens with two attached hydrogens (primary N) is 3. The van der Waals surface area contributed by atoms with Gasteiger partial charge in [-0.2, -0.15) is 0 Å². The first-order valence-corrected chi connectivity index (χ1v) is 24.0. The Bertz CT molecular complexity index is 1790. The van der Waals surface area contributed by atoms with Gasteiger partial charge in [-0.15, -0.1) is 0 Å². The van der Waals surface area contributed by atoms with Crippen LogP contribution in [-0.4, -0.2) is 149 Å². The van der Waals surface area contributed by atoms with E-state index in [0.717, 1.165) is 6.92 Å². The molecule has 69 heavy (non-hydrogen) atoms. The summed E-state index contributed by atoms with van der Waals surface area (Å²) in [6, 6.07) is -9.88. The summed E-state index contributed by atoms with van der Waals surface area (Å²) < 4.78 is 0. The summed E-state index contributed by atoms with van der Waals surface area (Å²) in [6.45, 7) is 16.9. The highest BCUT2D eigenvalue weighted by atomic mass is 16.3. The molecule has 1 fully saturated rings. The number of aliphatic hydroxyl groups excluding tert-OH is 1. The van der Waals surface area contributed by atoms with Gasteiger partial charge in [0.05, 0.1) is 12.5 Å². The Labute approximate surface area is 405 Å². The van der Waals surface area contributed by atoms with Crippen molar-refractivity contribution in [2.45, 2.75) is 181 Å². The molecule has 1 aliphatic heterocycles. The molecule has 1 rings (SSSR count). The number of nitrogens with zero attached hydrogens (tertiary/aromatic N) is 2. The van der Waals surface area contributed by atoms with E-state index in [0.29, 0.717) is 51.6 Å². The fourth-order valence-electron chi connectivity index (χ4n) is 7.63. The summed E-state index contributed by atoms with van der Waals surface area (Å²) in [6.07, 6.45) is 0.597. The molecule has 11 atom stereocenters. The van der Waals surface area contributed by atoms with Gasteiger partial charge in [-0.1, -0.05) is 67.7 Å². The lowest BCUT2D eigenvalue weighted by Gasteiger charge is -2.32. The summed E-state index contributed by atoms with van der Waals surface area (Å²) in [4.78, 5) is 139.